The van der Waals surface area contributed by atoms with Gasteiger partial charge in [-0.25, -0.2) is 59.2 Å². The van der Waals surface area contributed by atoms with E-state index >= 15 is 0 Å². The molecule has 11 rings (SSSR count). The number of aromatic nitrogens is 14. The Kier molecular flexibility index (Phi) is 12.1. The minimum Gasteiger partial charge on any atom is -0.477 e. The molecule has 0 radical (unpaired) electrons. The van der Waals surface area contributed by atoms with Gasteiger partial charge in [-0.3, -0.25) is 9.13 Å². The highest BCUT2D eigenvalue weighted by molar-refractivity contribution is 5.87. The molecule has 0 spiro atoms. The Morgan fingerprint density at radius 1 is 0.697 bits per heavy atom. The minimum atomic E-state index is -1.03. The molecule has 0 bridgehead atoms. The van der Waals surface area contributed by atoms with Crippen LogP contribution in [0.5, 0.6) is 0 Å². The largest absolute Gasteiger partial charge is 0.477 e. The van der Waals surface area contributed by atoms with E-state index < -0.39 is 5.97 Å². The number of benzene rings is 2. The van der Waals surface area contributed by atoms with E-state index in [1.807, 2.05) is 75.3 Å². The van der Waals surface area contributed by atoms with E-state index in [-0.39, 0.29) is 29.2 Å². The summed E-state index contributed by atoms with van der Waals surface area (Å²) in [6.45, 7) is 3.15. The number of carboxylic acids is 1. The summed E-state index contributed by atoms with van der Waals surface area (Å²) in [6.07, 6.45) is 12.3. The van der Waals surface area contributed by atoms with Gasteiger partial charge in [0.15, 0.2) is 40.1 Å². The third-order valence-electron chi connectivity index (χ3n) is 11.9. The van der Waals surface area contributed by atoms with Gasteiger partial charge in [-0.05, 0) is 62.1 Å². The molecular formula is C44H46N18O4. The van der Waals surface area contributed by atoms with E-state index in [0.717, 1.165) is 108 Å². The fourth-order valence-electron chi connectivity index (χ4n) is 8.67. The molecule has 9 aromatic rings. The number of hydrogen-bond acceptors (Lipinski definition) is 16. The lowest BCUT2D eigenvalue weighted by Gasteiger charge is -2.33. The lowest BCUT2D eigenvalue weighted by atomic mass is 10.0. The first-order valence-corrected chi connectivity index (χ1v) is 21.3. The van der Waals surface area contributed by atoms with Gasteiger partial charge in [0.25, 0.3) is 0 Å². The maximum atomic E-state index is 12.6. The van der Waals surface area contributed by atoms with Crippen LogP contribution < -0.4 is 32.2 Å². The molecule has 66 heavy (non-hydrogen) atoms. The number of para-hydroxylation sites is 4. The van der Waals surface area contributed by atoms with Gasteiger partial charge in [-0.15, -0.1) is 0 Å². The third kappa shape index (κ3) is 8.45. The Labute approximate surface area is 375 Å². The summed E-state index contributed by atoms with van der Waals surface area (Å²) in [4.78, 5) is 83.0. The summed E-state index contributed by atoms with van der Waals surface area (Å²) in [5, 5.41) is 11.3. The predicted octanol–water partition coefficient (Wildman–Crippen LogP) is 4.06. The summed E-state index contributed by atoms with van der Waals surface area (Å²) in [5.74, 6) is 1.90. The number of nitrogens with zero attached hydrogens (tertiary/aromatic N) is 14. The molecule has 0 unspecified atom stereocenters. The number of imidazole rings is 3. The van der Waals surface area contributed by atoms with Crippen LogP contribution in [0.1, 0.15) is 48.3 Å². The molecule has 0 saturated carbocycles. The molecule has 6 N–H and O–H groups in total. The van der Waals surface area contributed by atoms with Gasteiger partial charge in [0, 0.05) is 64.8 Å². The summed E-state index contributed by atoms with van der Waals surface area (Å²) in [5.41, 5.74) is 12.6. The molecule has 22 heteroatoms. The molecule has 2 fully saturated rings. The fourth-order valence-corrected chi connectivity index (χ4v) is 8.67. The van der Waals surface area contributed by atoms with E-state index in [1.165, 1.54) is 31.2 Å². The van der Waals surface area contributed by atoms with Crippen LogP contribution >= 0.6 is 0 Å². The number of rotatable bonds is 7. The quantitative estimate of drug-likeness (QED) is 0.151. The lowest BCUT2D eigenvalue weighted by Crippen LogP contribution is -2.37. The van der Waals surface area contributed by atoms with Crippen molar-refractivity contribution in [3.05, 3.63) is 125 Å². The number of carbonyl (C=O) groups is 1. The van der Waals surface area contributed by atoms with Crippen molar-refractivity contribution in [3.63, 3.8) is 0 Å². The summed E-state index contributed by atoms with van der Waals surface area (Å²) in [6, 6.07) is 19.1. The molecule has 0 atom stereocenters. The van der Waals surface area contributed by atoms with Gasteiger partial charge in [-0.1, -0.05) is 24.3 Å². The highest BCUT2D eigenvalue weighted by Gasteiger charge is 2.28. The van der Waals surface area contributed by atoms with Crippen LogP contribution in [-0.4, -0.2) is 113 Å². The minimum absolute atomic E-state index is 0.0185. The first kappa shape index (κ1) is 42.7. The van der Waals surface area contributed by atoms with Gasteiger partial charge in [0.2, 0.25) is 0 Å². The van der Waals surface area contributed by atoms with Crippen LogP contribution in [0.2, 0.25) is 0 Å². The van der Waals surface area contributed by atoms with Crippen molar-refractivity contribution >= 4 is 62.3 Å². The van der Waals surface area contributed by atoms with E-state index in [2.05, 4.69) is 65.0 Å². The first-order chi connectivity index (χ1) is 32.2. The van der Waals surface area contributed by atoms with Crippen molar-refractivity contribution in [1.29, 1.82) is 0 Å². The lowest BCUT2D eigenvalue weighted by molar-refractivity contribution is 0.0690. The van der Waals surface area contributed by atoms with Gasteiger partial charge < -0.3 is 40.5 Å². The van der Waals surface area contributed by atoms with Crippen LogP contribution in [0, 0.1) is 0 Å². The maximum absolute atomic E-state index is 12.6. The zero-order valence-corrected chi connectivity index (χ0v) is 36.1. The van der Waals surface area contributed by atoms with Gasteiger partial charge in [0.1, 0.15) is 36.7 Å². The highest BCUT2D eigenvalue weighted by Crippen LogP contribution is 2.33. The number of nitrogens with two attached hydrogens (primary N) is 1. The zero-order chi connectivity index (χ0) is 45.7. The van der Waals surface area contributed by atoms with E-state index in [4.69, 9.17) is 15.8 Å². The Morgan fingerprint density at radius 3 is 1.77 bits per heavy atom. The zero-order valence-electron chi connectivity index (χ0n) is 36.1. The predicted molar refractivity (Wildman–Crippen MR) is 248 cm³/mol. The molecule has 0 aliphatic carbocycles. The third-order valence-corrected chi connectivity index (χ3v) is 11.9. The average Bonchev–Trinajstić information content (AvgIpc) is 4.01. The summed E-state index contributed by atoms with van der Waals surface area (Å²) in [7, 11) is 3.72. The molecule has 2 aromatic carbocycles. The Balaban J connectivity index is 0.000000143. The second-order valence-electron chi connectivity index (χ2n) is 15.6. The van der Waals surface area contributed by atoms with Crippen LogP contribution in [0.25, 0.3) is 44.7 Å². The number of carboxylic acid groups (broad SMARTS) is 1. The molecule has 2 aliphatic heterocycles. The van der Waals surface area contributed by atoms with Crippen molar-refractivity contribution < 1.29 is 9.90 Å². The number of piperidine rings is 2. The number of aromatic carboxylic acids is 1. The molecule has 22 nitrogen and oxygen atoms in total. The molecule has 2 saturated heterocycles. The Bertz CT molecular complexity index is 3240. The van der Waals surface area contributed by atoms with E-state index in [9.17, 15) is 14.4 Å². The van der Waals surface area contributed by atoms with Gasteiger partial charge in [-0.2, -0.15) is 0 Å². The number of nitrogens with one attached hydrogen (secondary N) is 3. The monoisotopic (exact) mass is 890 g/mol. The Morgan fingerprint density at radius 2 is 1.24 bits per heavy atom. The fraction of sp³-hybridized carbons (Fsp3) is 0.273. The molecule has 0 amide bonds. The van der Waals surface area contributed by atoms with Crippen molar-refractivity contribution in [3.8, 4) is 11.5 Å². The van der Waals surface area contributed by atoms with Crippen molar-refractivity contribution in [2.75, 3.05) is 54.1 Å². The maximum Gasteiger partial charge on any atom is 0.354 e. The molecule has 2 aliphatic rings. The standard InChI is InChI=1S/C22H21N9O.C17H21N7O.C5H4N2O2/c1-29-19(16-6-9-23-12-24-16)28-18-20(29)25-13-26-21(18)30-10-7-14(8-11-30)31-17-5-3-2-4-15(17)27-22(31)32;1-19-15-14(18)16(21-10-20-15)23-8-6-11(7-9-23)24-13-5-3-2-4-12(13)22-17(24)25;8-5(9)4-1-2-6-3-7-4/h2-6,9,12-14H,7-8,10-11H2,1H3,(H,27,32);2-5,10-11H,6-9,18H2,1H3,(H,22,25)(H,19,20,21);1-3H,(H,8,9). The molecule has 336 valence electrons. The smallest absolute Gasteiger partial charge is 0.354 e. The normalized spacial score (nSPS) is 14.5. The number of fused-ring (bicyclic) bond motifs is 3. The molecule has 7 aromatic heterocycles. The number of H-pyrrole nitrogens is 2. The second-order valence-corrected chi connectivity index (χ2v) is 15.6. The average molecular weight is 891 g/mol. The first-order valence-electron chi connectivity index (χ1n) is 21.3. The summed E-state index contributed by atoms with van der Waals surface area (Å²) < 4.78 is 5.71. The second kappa shape index (κ2) is 18.7. The SMILES string of the molecule is CNc1ncnc(N2CCC(n3c(=O)[nH]c4ccccc43)CC2)c1N.Cn1c(-c2ccncn2)nc2c(N3CCC(n4c(=O)[nH]c5ccccc54)CC3)ncnc21.O=C(O)c1ccncn1. The van der Waals surface area contributed by atoms with Crippen molar-refractivity contribution in [2.45, 2.75) is 37.8 Å². The van der Waals surface area contributed by atoms with E-state index in [1.54, 1.807) is 19.6 Å². The topological polar surface area (TPSA) is 278 Å². The number of aryl methyl sites for hydroxylation is 1. The van der Waals surface area contributed by atoms with Crippen molar-refractivity contribution in [1.82, 2.24) is 68.5 Å². The highest BCUT2D eigenvalue weighted by atomic mass is 16.4. The number of aromatic amines is 2. The van der Waals surface area contributed by atoms with Crippen LogP contribution in [0.3, 0.4) is 0 Å². The van der Waals surface area contributed by atoms with Gasteiger partial charge >= 0.3 is 17.3 Å². The molecular weight excluding hydrogens is 845 g/mol. The van der Waals surface area contributed by atoms with Crippen LogP contribution in [-0.2, 0) is 7.05 Å². The van der Waals surface area contributed by atoms with Crippen LogP contribution in [0.4, 0.5) is 23.1 Å². The van der Waals surface area contributed by atoms with Gasteiger partial charge in [0.05, 0.1) is 22.1 Å². The van der Waals surface area contributed by atoms with Crippen LogP contribution in [0.15, 0.2) is 108 Å². The number of hydrogen-bond donors (Lipinski definition) is 5. The number of anilines is 4. The summed E-state index contributed by atoms with van der Waals surface area (Å²) >= 11 is 0. The van der Waals surface area contributed by atoms with Crippen molar-refractivity contribution in [2.24, 2.45) is 7.05 Å². The number of nitrogen functional groups attached to an aromatic ring is 1. The van der Waals surface area contributed by atoms with E-state index in [0.29, 0.717) is 11.5 Å². The molecule has 9 heterocycles. The Hall–Kier alpha value is -8.56.